The number of benzene rings is 1. The van der Waals surface area contributed by atoms with Crippen LogP contribution in [0.25, 0.3) is 0 Å². The second-order valence-corrected chi connectivity index (χ2v) is 5.60. The van der Waals surface area contributed by atoms with Crippen LogP contribution in [0.5, 0.6) is 0 Å². The van der Waals surface area contributed by atoms with E-state index in [4.69, 9.17) is 10.9 Å². The molecule has 3 rings (SSSR count). The van der Waals surface area contributed by atoms with Crippen molar-refractivity contribution in [1.29, 1.82) is 0 Å². The number of fused-ring (bicyclic) bond motifs is 1. The lowest BCUT2D eigenvalue weighted by molar-refractivity contribution is 0.318. The highest BCUT2D eigenvalue weighted by molar-refractivity contribution is 6.02. The molecule has 1 aliphatic carbocycles. The third-order valence-corrected chi connectivity index (χ3v) is 4.61. The van der Waals surface area contributed by atoms with Gasteiger partial charge in [-0.2, -0.15) is 0 Å². The van der Waals surface area contributed by atoms with Crippen LogP contribution >= 0.6 is 0 Å². The van der Waals surface area contributed by atoms with Crippen LogP contribution in [0, 0.1) is 5.92 Å². The summed E-state index contributed by atoms with van der Waals surface area (Å²) < 4.78 is 0. The van der Waals surface area contributed by atoms with Crippen LogP contribution in [0.15, 0.2) is 29.4 Å². The predicted molar refractivity (Wildman–Crippen MR) is 76.7 cm³/mol. The molecule has 102 valence electrons. The second kappa shape index (κ2) is 5.11. The van der Waals surface area contributed by atoms with E-state index in [9.17, 15) is 0 Å². The van der Waals surface area contributed by atoms with Crippen molar-refractivity contribution in [2.75, 3.05) is 11.4 Å². The van der Waals surface area contributed by atoms with Gasteiger partial charge < -0.3 is 15.8 Å². The zero-order valence-electron chi connectivity index (χ0n) is 11.1. The summed E-state index contributed by atoms with van der Waals surface area (Å²) in [5.41, 5.74) is 7.77. The molecule has 2 unspecified atom stereocenters. The molecular formula is C15H21N3O. The van der Waals surface area contributed by atoms with Crippen molar-refractivity contribution in [3.63, 3.8) is 0 Å². The van der Waals surface area contributed by atoms with Gasteiger partial charge in [0.1, 0.15) is 0 Å². The van der Waals surface area contributed by atoms with E-state index in [2.05, 4.69) is 16.1 Å². The third kappa shape index (κ3) is 2.15. The quantitative estimate of drug-likeness (QED) is 0.371. The first-order valence-electron chi connectivity index (χ1n) is 7.15. The maximum atomic E-state index is 8.93. The Morgan fingerprint density at radius 3 is 2.84 bits per heavy atom. The van der Waals surface area contributed by atoms with E-state index in [-0.39, 0.29) is 5.84 Å². The SMILES string of the molecule is N/C(=N/O)c1ccccc1N1CCC2CCCCC21. The van der Waals surface area contributed by atoms with Crippen LogP contribution in [0.3, 0.4) is 0 Å². The van der Waals surface area contributed by atoms with E-state index in [1.54, 1.807) is 0 Å². The average molecular weight is 259 g/mol. The maximum Gasteiger partial charge on any atom is 0.172 e. The molecule has 1 aromatic rings. The zero-order chi connectivity index (χ0) is 13.2. The number of amidine groups is 1. The molecule has 2 fully saturated rings. The molecule has 0 spiro atoms. The lowest BCUT2D eigenvalue weighted by Crippen LogP contribution is -2.36. The van der Waals surface area contributed by atoms with Crippen molar-refractivity contribution in [3.05, 3.63) is 29.8 Å². The van der Waals surface area contributed by atoms with Crippen molar-refractivity contribution in [1.82, 2.24) is 0 Å². The average Bonchev–Trinajstić information content (AvgIpc) is 2.90. The number of para-hydroxylation sites is 1. The standard InChI is InChI=1S/C15H21N3O/c16-15(17-19)12-6-2-4-8-14(12)18-10-9-11-5-1-3-7-13(11)18/h2,4,6,8,11,13,19H,1,3,5,7,9-10H2,(H2,16,17). The van der Waals surface area contributed by atoms with Gasteiger partial charge in [-0.25, -0.2) is 0 Å². The smallest absolute Gasteiger partial charge is 0.172 e. The van der Waals surface area contributed by atoms with E-state index >= 15 is 0 Å². The Balaban J connectivity index is 1.94. The largest absolute Gasteiger partial charge is 0.409 e. The summed E-state index contributed by atoms with van der Waals surface area (Å²) in [5.74, 6) is 1.03. The molecule has 2 atom stereocenters. The number of oxime groups is 1. The fourth-order valence-corrected chi connectivity index (χ4v) is 3.70. The molecule has 3 N–H and O–H groups in total. The third-order valence-electron chi connectivity index (χ3n) is 4.61. The predicted octanol–water partition coefficient (Wildman–Crippen LogP) is 2.55. The van der Waals surface area contributed by atoms with Crippen LogP contribution in [-0.4, -0.2) is 23.6 Å². The minimum atomic E-state index is 0.204. The number of nitrogens with zero attached hydrogens (tertiary/aromatic N) is 2. The summed E-state index contributed by atoms with van der Waals surface area (Å²) in [7, 11) is 0. The minimum absolute atomic E-state index is 0.204. The van der Waals surface area contributed by atoms with Gasteiger partial charge in [0.25, 0.3) is 0 Å². The lowest BCUT2D eigenvalue weighted by atomic mass is 9.85. The molecule has 1 aromatic carbocycles. The number of nitrogens with two attached hydrogens (primary N) is 1. The Morgan fingerprint density at radius 2 is 2.00 bits per heavy atom. The van der Waals surface area contributed by atoms with Gasteiger partial charge in [0.05, 0.1) is 0 Å². The topological polar surface area (TPSA) is 61.9 Å². The van der Waals surface area contributed by atoms with Crippen molar-refractivity contribution in [3.8, 4) is 0 Å². The first-order chi connectivity index (χ1) is 9.31. The molecule has 0 radical (unpaired) electrons. The number of hydrogen-bond donors (Lipinski definition) is 2. The van der Waals surface area contributed by atoms with Crippen molar-refractivity contribution in [2.24, 2.45) is 16.8 Å². The molecular weight excluding hydrogens is 238 g/mol. The van der Waals surface area contributed by atoms with Gasteiger partial charge in [0.2, 0.25) is 0 Å². The molecule has 4 nitrogen and oxygen atoms in total. The molecule has 0 aromatic heterocycles. The Labute approximate surface area is 113 Å². The Kier molecular flexibility index (Phi) is 3.32. The summed E-state index contributed by atoms with van der Waals surface area (Å²) >= 11 is 0. The molecule has 1 saturated carbocycles. The highest BCUT2D eigenvalue weighted by Gasteiger charge is 2.36. The van der Waals surface area contributed by atoms with Crippen LogP contribution in [-0.2, 0) is 0 Å². The number of hydrogen-bond acceptors (Lipinski definition) is 3. The molecule has 2 aliphatic rings. The van der Waals surface area contributed by atoms with Crippen molar-refractivity contribution in [2.45, 2.75) is 38.1 Å². The number of anilines is 1. The van der Waals surface area contributed by atoms with Crippen molar-refractivity contribution < 1.29 is 5.21 Å². The van der Waals surface area contributed by atoms with Crippen LogP contribution in [0.4, 0.5) is 5.69 Å². The molecule has 19 heavy (non-hydrogen) atoms. The molecule has 1 saturated heterocycles. The highest BCUT2D eigenvalue weighted by Crippen LogP contribution is 2.39. The molecule has 0 bridgehead atoms. The highest BCUT2D eigenvalue weighted by atomic mass is 16.4. The van der Waals surface area contributed by atoms with Gasteiger partial charge in [-0.15, -0.1) is 0 Å². The summed E-state index contributed by atoms with van der Waals surface area (Å²) in [4.78, 5) is 2.47. The summed E-state index contributed by atoms with van der Waals surface area (Å²) in [6.07, 6.45) is 6.59. The van der Waals surface area contributed by atoms with Gasteiger partial charge in [0.15, 0.2) is 5.84 Å². The van der Waals surface area contributed by atoms with E-state index in [1.807, 2.05) is 18.2 Å². The molecule has 1 aliphatic heterocycles. The number of rotatable bonds is 2. The van der Waals surface area contributed by atoms with E-state index in [1.165, 1.54) is 32.1 Å². The Hall–Kier alpha value is -1.71. The van der Waals surface area contributed by atoms with E-state index in [0.29, 0.717) is 6.04 Å². The lowest BCUT2D eigenvalue weighted by Gasteiger charge is -2.34. The normalized spacial score (nSPS) is 27.4. The summed E-state index contributed by atoms with van der Waals surface area (Å²) in [5, 5.41) is 12.1. The monoisotopic (exact) mass is 259 g/mol. The van der Waals surface area contributed by atoms with Gasteiger partial charge in [0, 0.05) is 23.8 Å². The van der Waals surface area contributed by atoms with Crippen LogP contribution in [0.2, 0.25) is 0 Å². The Bertz CT molecular complexity index is 486. The van der Waals surface area contributed by atoms with Gasteiger partial charge >= 0.3 is 0 Å². The van der Waals surface area contributed by atoms with Crippen LogP contribution in [0.1, 0.15) is 37.7 Å². The maximum absolute atomic E-state index is 8.93. The second-order valence-electron chi connectivity index (χ2n) is 5.60. The van der Waals surface area contributed by atoms with Gasteiger partial charge in [-0.1, -0.05) is 30.1 Å². The van der Waals surface area contributed by atoms with Crippen LogP contribution < -0.4 is 10.6 Å². The summed E-state index contributed by atoms with van der Waals surface area (Å²) in [6, 6.07) is 8.62. The summed E-state index contributed by atoms with van der Waals surface area (Å²) in [6.45, 7) is 1.09. The molecule has 0 amide bonds. The minimum Gasteiger partial charge on any atom is -0.409 e. The zero-order valence-corrected chi connectivity index (χ0v) is 11.1. The molecule has 1 heterocycles. The fraction of sp³-hybridized carbons (Fsp3) is 0.533. The van der Waals surface area contributed by atoms with Gasteiger partial charge in [-0.05, 0) is 37.3 Å². The first kappa shape index (κ1) is 12.3. The van der Waals surface area contributed by atoms with Crippen molar-refractivity contribution >= 4 is 11.5 Å². The van der Waals surface area contributed by atoms with E-state index < -0.39 is 0 Å². The fourth-order valence-electron chi connectivity index (χ4n) is 3.70. The van der Waals surface area contributed by atoms with Gasteiger partial charge in [-0.3, -0.25) is 0 Å². The first-order valence-corrected chi connectivity index (χ1v) is 7.15. The van der Waals surface area contributed by atoms with E-state index in [0.717, 1.165) is 23.7 Å². The molecule has 4 heteroatoms. The Morgan fingerprint density at radius 1 is 1.21 bits per heavy atom.